The van der Waals surface area contributed by atoms with E-state index in [1.165, 1.54) is 14.2 Å². The Morgan fingerprint density at radius 3 is 1.50 bits per heavy atom. The molecule has 0 spiro atoms. The Labute approximate surface area is 94.1 Å². The van der Waals surface area contributed by atoms with Crippen LogP contribution in [0.4, 0.5) is 0 Å². The van der Waals surface area contributed by atoms with Gasteiger partial charge < -0.3 is 18.9 Å². The summed E-state index contributed by atoms with van der Waals surface area (Å²) in [5, 5.41) is 0. The lowest BCUT2D eigenvalue weighted by atomic mass is 10.5. The van der Waals surface area contributed by atoms with Gasteiger partial charge in [-0.2, -0.15) is 0 Å². The van der Waals surface area contributed by atoms with Crippen LogP contribution in [-0.2, 0) is 28.5 Å². The van der Waals surface area contributed by atoms with Gasteiger partial charge in [0, 0.05) is 26.4 Å². The molecule has 0 aliphatic rings. The number of carbonyl (C=O) groups is 2. The predicted octanol–water partition coefficient (Wildman–Crippen LogP) is -0.0782. The molecule has 6 heteroatoms. The highest BCUT2D eigenvalue weighted by atomic mass is 16.6. The van der Waals surface area contributed by atoms with Crippen LogP contribution in [-0.4, -0.2) is 52.6 Å². The molecule has 0 atom stereocenters. The second-order valence-corrected chi connectivity index (χ2v) is 2.65. The van der Waals surface area contributed by atoms with Gasteiger partial charge in [-0.15, -0.1) is 0 Å². The molecular weight excluding hydrogens is 216 g/mol. The molecule has 0 aromatic heterocycles. The molecule has 0 rings (SSSR count). The van der Waals surface area contributed by atoms with Crippen molar-refractivity contribution in [1.82, 2.24) is 0 Å². The van der Waals surface area contributed by atoms with E-state index in [1.54, 1.807) is 0 Å². The highest BCUT2D eigenvalue weighted by molar-refractivity contribution is 5.91. The van der Waals surface area contributed by atoms with Gasteiger partial charge in [0.25, 0.3) is 0 Å². The van der Waals surface area contributed by atoms with Gasteiger partial charge in [-0.05, 0) is 0 Å². The molecule has 0 saturated heterocycles. The Balaban J connectivity index is 3.63. The molecule has 0 unspecified atom stereocenters. The molecule has 0 radical (unpaired) electrons. The van der Waals surface area contributed by atoms with E-state index in [4.69, 9.17) is 0 Å². The second kappa shape index (κ2) is 10.1. The summed E-state index contributed by atoms with van der Waals surface area (Å²) in [5.74, 6) is -1.22. The molecule has 0 N–H and O–H groups in total. The number of methoxy groups -OCH3 is 2. The van der Waals surface area contributed by atoms with Crippen LogP contribution in [0.25, 0.3) is 0 Å². The summed E-state index contributed by atoms with van der Waals surface area (Å²) in [7, 11) is 2.99. The van der Waals surface area contributed by atoms with Crippen LogP contribution in [0, 0.1) is 0 Å². The van der Waals surface area contributed by atoms with Crippen LogP contribution in [0.15, 0.2) is 12.2 Å². The maximum Gasteiger partial charge on any atom is 0.331 e. The van der Waals surface area contributed by atoms with E-state index in [-0.39, 0.29) is 13.2 Å². The van der Waals surface area contributed by atoms with Crippen molar-refractivity contribution in [2.45, 2.75) is 0 Å². The largest absolute Gasteiger partial charge is 0.460 e. The van der Waals surface area contributed by atoms with Gasteiger partial charge >= 0.3 is 11.9 Å². The summed E-state index contributed by atoms with van der Waals surface area (Å²) in [6, 6.07) is 0. The SMILES string of the molecule is COCCOC(=O)C=CC(=O)OCCOC. The van der Waals surface area contributed by atoms with Crippen LogP contribution in [0.1, 0.15) is 0 Å². The van der Waals surface area contributed by atoms with Crippen molar-refractivity contribution in [3.8, 4) is 0 Å². The van der Waals surface area contributed by atoms with Crippen LogP contribution < -0.4 is 0 Å². The van der Waals surface area contributed by atoms with E-state index in [0.29, 0.717) is 13.2 Å². The summed E-state index contributed by atoms with van der Waals surface area (Å²) < 4.78 is 18.7. The molecular formula is C10H16O6. The Morgan fingerprint density at radius 2 is 1.19 bits per heavy atom. The molecule has 0 aromatic carbocycles. The first-order valence-corrected chi connectivity index (χ1v) is 4.70. The summed E-state index contributed by atoms with van der Waals surface area (Å²) in [4.78, 5) is 21.9. The fourth-order valence-electron chi connectivity index (χ4n) is 0.683. The molecule has 0 fully saturated rings. The van der Waals surface area contributed by atoms with E-state index in [9.17, 15) is 9.59 Å². The summed E-state index contributed by atoms with van der Waals surface area (Å²) in [5.41, 5.74) is 0. The van der Waals surface area contributed by atoms with Crippen LogP contribution in [0.5, 0.6) is 0 Å². The third kappa shape index (κ3) is 9.17. The standard InChI is InChI=1S/C10H16O6/c1-13-5-7-15-9(11)3-4-10(12)16-8-6-14-2/h3-4H,5-8H2,1-2H3. The first-order valence-electron chi connectivity index (χ1n) is 4.70. The first-order chi connectivity index (χ1) is 7.70. The normalized spacial score (nSPS) is 10.4. The monoisotopic (exact) mass is 232 g/mol. The van der Waals surface area contributed by atoms with Crippen molar-refractivity contribution < 1.29 is 28.5 Å². The van der Waals surface area contributed by atoms with Crippen molar-refractivity contribution in [3.63, 3.8) is 0 Å². The van der Waals surface area contributed by atoms with Crippen LogP contribution >= 0.6 is 0 Å². The minimum Gasteiger partial charge on any atom is -0.460 e. The maximum absolute atomic E-state index is 11.0. The van der Waals surface area contributed by atoms with Gasteiger partial charge in [-0.3, -0.25) is 0 Å². The number of hydrogen-bond acceptors (Lipinski definition) is 6. The predicted molar refractivity (Wildman–Crippen MR) is 54.8 cm³/mol. The van der Waals surface area contributed by atoms with Gasteiger partial charge in [-0.1, -0.05) is 0 Å². The third-order valence-electron chi connectivity index (χ3n) is 1.42. The maximum atomic E-state index is 11.0. The molecule has 0 aliphatic heterocycles. The molecule has 0 bridgehead atoms. The highest BCUT2D eigenvalue weighted by Crippen LogP contribution is 1.86. The topological polar surface area (TPSA) is 71.1 Å². The van der Waals surface area contributed by atoms with E-state index >= 15 is 0 Å². The van der Waals surface area contributed by atoms with Crippen molar-refractivity contribution >= 4 is 11.9 Å². The van der Waals surface area contributed by atoms with Gasteiger partial charge in [0.2, 0.25) is 0 Å². The van der Waals surface area contributed by atoms with E-state index in [0.717, 1.165) is 12.2 Å². The fraction of sp³-hybridized carbons (Fsp3) is 0.600. The third-order valence-corrected chi connectivity index (χ3v) is 1.42. The molecule has 16 heavy (non-hydrogen) atoms. The summed E-state index contributed by atoms with van der Waals surface area (Å²) in [6.45, 7) is 0.937. The summed E-state index contributed by atoms with van der Waals surface area (Å²) in [6.07, 6.45) is 2.01. The Hall–Kier alpha value is -1.40. The smallest absolute Gasteiger partial charge is 0.331 e. The minimum atomic E-state index is -0.610. The van der Waals surface area contributed by atoms with Crippen LogP contribution in [0.2, 0.25) is 0 Å². The van der Waals surface area contributed by atoms with Crippen molar-refractivity contribution in [3.05, 3.63) is 12.2 Å². The average Bonchev–Trinajstić information content (AvgIpc) is 2.27. The van der Waals surface area contributed by atoms with E-state index in [2.05, 4.69) is 18.9 Å². The molecule has 0 aliphatic carbocycles. The average molecular weight is 232 g/mol. The molecule has 0 aromatic rings. The van der Waals surface area contributed by atoms with E-state index < -0.39 is 11.9 Å². The van der Waals surface area contributed by atoms with Crippen LogP contribution in [0.3, 0.4) is 0 Å². The number of rotatable bonds is 8. The molecule has 0 saturated carbocycles. The highest BCUT2D eigenvalue weighted by Gasteiger charge is 2.00. The molecule has 92 valence electrons. The lowest BCUT2D eigenvalue weighted by molar-refractivity contribution is -0.141. The van der Waals surface area contributed by atoms with Crippen molar-refractivity contribution in [2.24, 2.45) is 0 Å². The molecule has 0 heterocycles. The molecule has 6 nitrogen and oxygen atoms in total. The lowest BCUT2D eigenvalue weighted by Gasteiger charge is -2.00. The van der Waals surface area contributed by atoms with Gasteiger partial charge in [-0.25, -0.2) is 9.59 Å². The second-order valence-electron chi connectivity index (χ2n) is 2.65. The van der Waals surface area contributed by atoms with E-state index in [1.807, 2.05) is 0 Å². The summed E-state index contributed by atoms with van der Waals surface area (Å²) >= 11 is 0. The first kappa shape index (κ1) is 14.6. The zero-order chi connectivity index (χ0) is 12.2. The number of carbonyl (C=O) groups excluding carboxylic acids is 2. The minimum absolute atomic E-state index is 0.151. The van der Waals surface area contributed by atoms with Gasteiger partial charge in [0.1, 0.15) is 13.2 Å². The molecule has 0 amide bonds. The zero-order valence-electron chi connectivity index (χ0n) is 9.43. The Bertz CT molecular complexity index is 211. The van der Waals surface area contributed by atoms with Gasteiger partial charge in [0.15, 0.2) is 0 Å². The zero-order valence-corrected chi connectivity index (χ0v) is 9.43. The van der Waals surface area contributed by atoms with Crippen molar-refractivity contribution in [2.75, 3.05) is 40.6 Å². The quantitative estimate of drug-likeness (QED) is 0.331. The fourth-order valence-corrected chi connectivity index (χ4v) is 0.683. The Kier molecular flexibility index (Phi) is 9.24. The number of hydrogen-bond donors (Lipinski definition) is 0. The Morgan fingerprint density at radius 1 is 0.812 bits per heavy atom. The van der Waals surface area contributed by atoms with Crippen molar-refractivity contribution in [1.29, 1.82) is 0 Å². The number of ether oxygens (including phenoxy) is 4. The van der Waals surface area contributed by atoms with Gasteiger partial charge in [0.05, 0.1) is 13.2 Å². The number of esters is 2. The lowest BCUT2D eigenvalue weighted by Crippen LogP contribution is -2.09.